The number of ether oxygens (including phenoxy) is 4. The molecule has 0 aliphatic carbocycles. The van der Waals surface area contributed by atoms with E-state index in [0.29, 0.717) is 50.5 Å². The summed E-state index contributed by atoms with van der Waals surface area (Å²) in [4.78, 5) is 40.3. The summed E-state index contributed by atoms with van der Waals surface area (Å²) < 4.78 is 21.3. The quantitative estimate of drug-likeness (QED) is 0.103. The van der Waals surface area contributed by atoms with Crippen LogP contribution in [0.5, 0.6) is 23.0 Å². The number of amides is 3. The van der Waals surface area contributed by atoms with Gasteiger partial charge in [0.05, 0.1) is 44.4 Å². The third kappa shape index (κ3) is 9.21. The lowest BCUT2D eigenvalue weighted by Crippen LogP contribution is -2.30. The highest BCUT2D eigenvalue weighted by molar-refractivity contribution is 8.00. The number of carbonyl (C=O) groups is 3. The number of thioether (sulfide) groups is 1. The number of anilines is 2. The maximum Gasteiger partial charge on any atom is 0.272 e. The third-order valence-electron chi connectivity index (χ3n) is 6.80. The molecule has 3 N–H and O–H groups in total. The van der Waals surface area contributed by atoms with Crippen molar-refractivity contribution in [3.63, 3.8) is 0 Å². The predicted octanol–water partition coefficient (Wildman–Crippen LogP) is 6.90. The molecule has 0 spiro atoms. The van der Waals surface area contributed by atoms with Crippen LogP contribution in [-0.4, -0.2) is 51.4 Å². The largest absolute Gasteiger partial charge is 0.497 e. The van der Waals surface area contributed by atoms with E-state index in [1.807, 2.05) is 0 Å². The van der Waals surface area contributed by atoms with E-state index in [0.717, 1.165) is 4.90 Å². The van der Waals surface area contributed by atoms with Crippen LogP contribution in [0.25, 0.3) is 6.08 Å². The van der Waals surface area contributed by atoms with Crippen molar-refractivity contribution < 1.29 is 33.3 Å². The highest BCUT2D eigenvalue weighted by Crippen LogP contribution is 2.36. The van der Waals surface area contributed by atoms with Crippen LogP contribution < -0.4 is 34.9 Å². The number of halogens is 1. The molecule has 244 valence electrons. The minimum Gasteiger partial charge on any atom is -0.497 e. The second-order valence-electron chi connectivity index (χ2n) is 9.90. The maximum atomic E-state index is 13.5. The minimum atomic E-state index is -0.549. The molecule has 0 aliphatic rings. The van der Waals surface area contributed by atoms with Crippen molar-refractivity contribution in [3.05, 3.63) is 107 Å². The third-order valence-corrected chi connectivity index (χ3v) is 8.20. The first-order valence-electron chi connectivity index (χ1n) is 14.3. The summed E-state index contributed by atoms with van der Waals surface area (Å²) in [6.45, 7) is 1.77. The van der Waals surface area contributed by atoms with Crippen molar-refractivity contribution in [1.29, 1.82) is 0 Å². The second-order valence-corrected chi connectivity index (χ2v) is 11.7. The Morgan fingerprint density at radius 2 is 1.45 bits per heavy atom. The Bertz CT molecular complexity index is 1770. The highest BCUT2D eigenvalue weighted by atomic mass is 35.5. The molecular formula is C35H34ClN3O7S. The summed E-state index contributed by atoms with van der Waals surface area (Å²) in [7, 11) is 6.03. The zero-order valence-corrected chi connectivity index (χ0v) is 28.0. The van der Waals surface area contributed by atoms with Crippen LogP contribution in [0.3, 0.4) is 0 Å². The van der Waals surface area contributed by atoms with Gasteiger partial charge in [0.25, 0.3) is 11.8 Å². The van der Waals surface area contributed by atoms with Crippen molar-refractivity contribution in [2.75, 3.05) is 39.1 Å². The molecular weight excluding hydrogens is 642 g/mol. The molecule has 4 aromatic carbocycles. The van der Waals surface area contributed by atoms with Crippen LogP contribution in [0.2, 0.25) is 5.02 Å². The van der Waals surface area contributed by atoms with Gasteiger partial charge in [-0.1, -0.05) is 29.8 Å². The zero-order valence-electron chi connectivity index (χ0n) is 26.4. The number of benzene rings is 4. The topological polar surface area (TPSA) is 124 Å². The molecule has 0 bridgehead atoms. The molecule has 1 atom stereocenters. The maximum absolute atomic E-state index is 13.5. The molecule has 0 aromatic heterocycles. The fourth-order valence-electron chi connectivity index (χ4n) is 4.30. The fourth-order valence-corrected chi connectivity index (χ4v) is 5.41. The van der Waals surface area contributed by atoms with Crippen LogP contribution in [0, 0.1) is 0 Å². The first kappa shape index (κ1) is 34.7. The van der Waals surface area contributed by atoms with E-state index in [2.05, 4.69) is 16.0 Å². The Hall–Kier alpha value is -5.13. The SMILES string of the molecule is COc1ccc(/C=C(\NC(=O)c2ccccc2)C(=O)Nc2ccc(SC(C)C(=O)Nc3cc(Cl)c(OC)cc3OC)cc2)c(OC)c1. The van der Waals surface area contributed by atoms with Crippen molar-refractivity contribution >= 4 is 58.5 Å². The first-order valence-corrected chi connectivity index (χ1v) is 15.5. The van der Waals surface area contributed by atoms with E-state index in [9.17, 15) is 14.4 Å². The van der Waals surface area contributed by atoms with Crippen molar-refractivity contribution in [2.24, 2.45) is 0 Å². The number of hydrogen-bond acceptors (Lipinski definition) is 8. The average Bonchev–Trinajstić information content (AvgIpc) is 3.09. The summed E-state index contributed by atoms with van der Waals surface area (Å²) in [6.07, 6.45) is 1.53. The van der Waals surface area contributed by atoms with Crippen LogP contribution in [0.15, 0.2) is 95.5 Å². The normalized spacial score (nSPS) is 11.6. The van der Waals surface area contributed by atoms with Crippen LogP contribution in [0.1, 0.15) is 22.8 Å². The molecule has 1 unspecified atom stereocenters. The Morgan fingerprint density at radius 3 is 2.09 bits per heavy atom. The van der Waals surface area contributed by atoms with Crippen molar-refractivity contribution in [3.8, 4) is 23.0 Å². The Morgan fingerprint density at radius 1 is 0.766 bits per heavy atom. The molecule has 0 aliphatic heterocycles. The summed E-state index contributed by atoms with van der Waals surface area (Å²) in [5.74, 6) is 0.614. The highest BCUT2D eigenvalue weighted by Gasteiger charge is 2.19. The number of rotatable bonds is 13. The van der Waals surface area contributed by atoms with Gasteiger partial charge in [0, 0.05) is 33.8 Å². The van der Waals surface area contributed by atoms with Gasteiger partial charge in [-0.15, -0.1) is 11.8 Å². The van der Waals surface area contributed by atoms with E-state index in [-0.39, 0.29) is 11.6 Å². The summed E-state index contributed by atoms with van der Waals surface area (Å²) >= 11 is 7.57. The number of methoxy groups -OCH3 is 4. The Labute approximate surface area is 282 Å². The molecule has 0 saturated heterocycles. The van der Waals surface area contributed by atoms with Gasteiger partial charge in [0.15, 0.2) is 0 Å². The van der Waals surface area contributed by atoms with E-state index >= 15 is 0 Å². The number of hydrogen-bond donors (Lipinski definition) is 3. The lowest BCUT2D eigenvalue weighted by Gasteiger charge is -2.16. The van der Waals surface area contributed by atoms with Crippen LogP contribution in [0.4, 0.5) is 11.4 Å². The molecule has 47 heavy (non-hydrogen) atoms. The van der Waals surface area contributed by atoms with E-state index in [4.69, 9.17) is 30.5 Å². The molecule has 0 fully saturated rings. The van der Waals surface area contributed by atoms with E-state index in [1.165, 1.54) is 39.2 Å². The van der Waals surface area contributed by atoms with Crippen LogP contribution >= 0.6 is 23.4 Å². The molecule has 10 nitrogen and oxygen atoms in total. The van der Waals surface area contributed by atoms with Gasteiger partial charge < -0.3 is 34.9 Å². The second kappa shape index (κ2) is 16.4. The van der Waals surface area contributed by atoms with Gasteiger partial charge in [-0.25, -0.2) is 0 Å². The van der Waals surface area contributed by atoms with Gasteiger partial charge in [-0.2, -0.15) is 0 Å². The summed E-state index contributed by atoms with van der Waals surface area (Å²) in [5, 5.41) is 8.25. The van der Waals surface area contributed by atoms with Crippen molar-refractivity contribution in [1.82, 2.24) is 5.32 Å². The standard InChI is InChI=1S/C35H34ClN3O7S/c1-21(33(40)38-28-19-27(36)31(45-4)20-32(28)46-5)47-26-15-12-24(13-16-26)37-35(42)29(39-34(41)22-9-7-6-8-10-22)17-23-11-14-25(43-2)18-30(23)44-3/h6-21H,1-5H3,(H,37,42)(H,38,40)(H,39,41)/b29-17-. The molecule has 0 radical (unpaired) electrons. The minimum absolute atomic E-state index is 0.000119. The van der Waals surface area contributed by atoms with Gasteiger partial charge in [-0.05, 0) is 67.6 Å². The van der Waals surface area contributed by atoms with Crippen molar-refractivity contribution in [2.45, 2.75) is 17.1 Å². The van der Waals surface area contributed by atoms with Gasteiger partial charge >= 0.3 is 0 Å². The van der Waals surface area contributed by atoms with E-state index < -0.39 is 17.1 Å². The van der Waals surface area contributed by atoms with E-state index in [1.54, 1.807) is 99.0 Å². The summed E-state index contributed by atoms with van der Waals surface area (Å²) in [6, 6.07) is 23.9. The lowest BCUT2D eigenvalue weighted by molar-refractivity contribution is -0.115. The molecule has 0 saturated carbocycles. The smallest absolute Gasteiger partial charge is 0.272 e. The predicted molar refractivity (Wildman–Crippen MR) is 185 cm³/mol. The monoisotopic (exact) mass is 675 g/mol. The molecule has 4 rings (SSSR count). The molecule has 3 amide bonds. The zero-order chi connectivity index (χ0) is 33.9. The lowest BCUT2D eigenvalue weighted by atomic mass is 10.1. The summed E-state index contributed by atoms with van der Waals surface area (Å²) in [5.41, 5.74) is 1.85. The number of carbonyl (C=O) groups excluding carboxylic acids is 3. The first-order chi connectivity index (χ1) is 22.6. The fraction of sp³-hybridized carbons (Fsp3) is 0.171. The Balaban J connectivity index is 1.48. The van der Waals surface area contributed by atoms with Crippen LogP contribution in [-0.2, 0) is 9.59 Å². The number of nitrogens with one attached hydrogen (secondary N) is 3. The Kier molecular flexibility index (Phi) is 12.1. The van der Waals surface area contributed by atoms with Gasteiger partial charge in [0.1, 0.15) is 28.7 Å². The van der Waals surface area contributed by atoms with Gasteiger partial charge in [-0.3, -0.25) is 14.4 Å². The molecule has 0 heterocycles. The average molecular weight is 676 g/mol. The molecule has 12 heteroatoms. The van der Waals surface area contributed by atoms with Gasteiger partial charge in [0.2, 0.25) is 5.91 Å². The molecule has 4 aromatic rings.